The van der Waals surface area contributed by atoms with Crippen LogP contribution < -0.4 is 11.1 Å². The van der Waals surface area contributed by atoms with Crippen LogP contribution in [0.5, 0.6) is 0 Å². The van der Waals surface area contributed by atoms with Gasteiger partial charge in [0.2, 0.25) is 0 Å². The number of benzene rings is 2. The number of para-hydroxylation sites is 1. The van der Waals surface area contributed by atoms with Gasteiger partial charge in [-0.1, -0.05) is 12.1 Å². The average Bonchev–Trinajstić information content (AvgIpc) is 2.36. The van der Waals surface area contributed by atoms with Crippen molar-refractivity contribution >= 4 is 5.69 Å². The van der Waals surface area contributed by atoms with E-state index in [0.717, 1.165) is 6.07 Å². The van der Waals surface area contributed by atoms with E-state index in [9.17, 15) is 13.2 Å². The Hall–Kier alpha value is -2.01. The van der Waals surface area contributed by atoms with Crippen LogP contribution in [0.15, 0.2) is 42.5 Å². The van der Waals surface area contributed by atoms with Gasteiger partial charge in [0.25, 0.3) is 0 Å². The summed E-state index contributed by atoms with van der Waals surface area (Å²) >= 11 is 0. The molecule has 0 spiro atoms. The number of hydrogen-bond donors (Lipinski definition) is 2. The number of nitrogens with two attached hydrogens (primary N) is 1. The van der Waals surface area contributed by atoms with Gasteiger partial charge in [-0.2, -0.15) is 0 Å². The highest BCUT2D eigenvalue weighted by molar-refractivity contribution is 5.47. The van der Waals surface area contributed by atoms with Gasteiger partial charge in [-0.3, -0.25) is 0 Å². The van der Waals surface area contributed by atoms with Crippen LogP contribution in [0.2, 0.25) is 0 Å². The molecule has 0 radical (unpaired) electrons. The van der Waals surface area contributed by atoms with Crippen LogP contribution in [0.25, 0.3) is 0 Å². The molecule has 2 aromatic carbocycles. The smallest absolute Gasteiger partial charge is 0.146 e. The molecule has 0 aliphatic carbocycles. The molecule has 0 heterocycles. The fraction of sp³-hybridized carbons (Fsp3) is 0.143. The maximum Gasteiger partial charge on any atom is 0.146 e. The quantitative estimate of drug-likeness (QED) is 0.891. The summed E-state index contributed by atoms with van der Waals surface area (Å²) in [5, 5.41) is 2.83. The SMILES string of the molecule is NCC(Nc1ccccc1F)c1cc(F)cc(F)c1. The molecule has 0 fully saturated rings. The second kappa shape index (κ2) is 5.75. The van der Waals surface area contributed by atoms with Crippen molar-refractivity contribution in [3.63, 3.8) is 0 Å². The number of halogens is 3. The first kappa shape index (κ1) is 13.4. The monoisotopic (exact) mass is 266 g/mol. The van der Waals surface area contributed by atoms with E-state index in [1.165, 1.54) is 24.3 Å². The highest BCUT2D eigenvalue weighted by Crippen LogP contribution is 2.22. The Bertz CT molecular complexity index is 552. The molecular weight excluding hydrogens is 253 g/mol. The minimum Gasteiger partial charge on any atom is -0.375 e. The second-order valence-corrected chi connectivity index (χ2v) is 4.12. The lowest BCUT2D eigenvalue weighted by molar-refractivity contribution is 0.575. The van der Waals surface area contributed by atoms with Crippen molar-refractivity contribution in [3.05, 3.63) is 65.5 Å². The molecule has 0 saturated carbocycles. The molecule has 3 N–H and O–H groups in total. The zero-order chi connectivity index (χ0) is 13.8. The summed E-state index contributed by atoms with van der Waals surface area (Å²) in [7, 11) is 0. The predicted octanol–water partition coefficient (Wildman–Crippen LogP) is 3.22. The van der Waals surface area contributed by atoms with Crippen LogP contribution in [0.4, 0.5) is 18.9 Å². The fourth-order valence-corrected chi connectivity index (χ4v) is 1.82. The lowest BCUT2D eigenvalue weighted by Gasteiger charge is -2.19. The van der Waals surface area contributed by atoms with Gasteiger partial charge in [-0.25, -0.2) is 13.2 Å². The largest absolute Gasteiger partial charge is 0.375 e. The molecule has 0 saturated heterocycles. The highest BCUT2D eigenvalue weighted by Gasteiger charge is 2.13. The highest BCUT2D eigenvalue weighted by atomic mass is 19.1. The van der Waals surface area contributed by atoms with E-state index < -0.39 is 23.5 Å². The van der Waals surface area contributed by atoms with Crippen LogP contribution in [-0.4, -0.2) is 6.54 Å². The standard InChI is InChI=1S/C14H13F3N2/c15-10-5-9(6-11(16)7-10)14(8-18)19-13-4-2-1-3-12(13)17/h1-7,14,19H,8,18H2. The van der Waals surface area contributed by atoms with Gasteiger partial charge >= 0.3 is 0 Å². The third-order valence-electron chi connectivity index (χ3n) is 2.73. The van der Waals surface area contributed by atoms with Gasteiger partial charge in [-0.15, -0.1) is 0 Å². The van der Waals surface area contributed by atoms with Crippen molar-refractivity contribution in [3.8, 4) is 0 Å². The molecule has 0 aliphatic rings. The second-order valence-electron chi connectivity index (χ2n) is 4.12. The zero-order valence-electron chi connectivity index (χ0n) is 10.0. The maximum absolute atomic E-state index is 13.5. The van der Waals surface area contributed by atoms with E-state index in [1.807, 2.05) is 0 Å². The minimum atomic E-state index is -0.691. The Morgan fingerprint density at radius 3 is 2.21 bits per heavy atom. The first-order chi connectivity index (χ1) is 9.10. The van der Waals surface area contributed by atoms with Crippen LogP contribution in [0.3, 0.4) is 0 Å². The van der Waals surface area contributed by atoms with Gasteiger partial charge in [0.1, 0.15) is 17.5 Å². The molecule has 0 aliphatic heterocycles. The normalized spacial score (nSPS) is 12.2. The number of hydrogen-bond acceptors (Lipinski definition) is 2. The number of rotatable bonds is 4. The molecule has 1 atom stereocenters. The summed E-state index contributed by atoms with van der Waals surface area (Å²) in [5.41, 5.74) is 6.15. The molecule has 2 nitrogen and oxygen atoms in total. The molecule has 100 valence electrons. The summed E-state index contributed by atoms with van der Waals surface area (Å²) in [6, 6.07) is 8.60. The van der Waals surface area contributed by atoms with E-state index in [4.69, 9.17) is 5.73 Å². The fourth-order valence-electron chi connectivity index (χ4n) is 1.82. The van der Waals surface area contributed by atoms with Crippen LogP contribution in [0, 0.1) is 17.5 Å². The first-order valence-electron chi connectivity index (χ1n) is 5.77. The average molecular weight is 266 g/mol. The lowest BCUT2D eigenvalue weighted by Crippen LogP contribution is -2.21. The molecule has 5 heteroatoms. The third kappa shape index (κ3) is 3.26. The van der Waals surface area contributed by atoms with Crippen LogP contribution in [-0.2, 0) is 0 Å². The molecule has 0 amide bonds. The molecule has 0 aromatic heterocycles. The zero-order valence-corrected chi connectivity index (χ0v) is 10.0. The van der Waals surface area contributed by atoms with Crippen molar-refractivity contribution in [1.82, 2.24) is 0 Å². The van der Waals surface area contributed by atoms with E-state index in [0.29, 0.717) is 5.56 Å². The molecule has 19 heavy (non-hydrogen) atoms. The van der Waals surface area contributed by atoms with Gasteiger partial charge in [0, 0.05) is 12.6 Å². The van der Waals surface area contributed by atoms with Gasteiger partial charge < -0.3 is 11.1 Å². The first-order valence-corrected chi connectivity index (χ1v) is 5.77. The topological polar surface area (TPSA) is 38.0 Å². The Balaban J connectivity index is 2.28. The van der Waals surface area contributed by atoms with Crippen molar-refractivity contribution in [2.45, 2.75) is 6.04 Å². The summed E-state index contributed by atoms with van der Waals surface area (Å²) in [6.07, 6.45) is 0. The Kier molecular flexibility index (Phi) is 4.06. The third-order valence-corrected chi connectivity index (χ3v) is 2.73. The van der Waals surface area contributed by atoms with Gasteiger partial charge in [0.05, 0.1) is 11.7 Å². The van der Waals surface area contributed by atoms with Gasteiger partial charge in [0.15, 0.2) is 0 Å². The Morgan fingerprint density at radius 1 is 1.00 bits per heavy atom. The Labute approximate surface area is 109 Å². The Morgan fingerprint density at radius 2 is 1.63 bits per heavy atom. The summed E-state index contributed by atoms with van der Waals surface area (Å²) in [4.78, 5) is 0. The molecule has 1 unspecified atom stereocenters. The number of anilines is 1. The molecule has 2 rings (SSSR count). The molecule has 2 aromatic rings. The van der Waals surface area contributed by atoms with Gasteiger partial charge in [-0.05, 0) is 29.8 Å². The summed E-state index contributed by atoms with van der Waals surface area (Å²) in [5.74, 6) is -1.83. The van der Waals surface area contributed by atoms with Crippen molar-refractivity contribution in [2.75, 3.05) is 11.9 Å². The van der Waals surface area contributed by atoms with E-state index in [-0.39, 0.29) is 12.2 Å². The molecular formula is C14H13F3N2. The number of nitrogens with one attached hydrogen (secondary N) is 1. The van der Waals surface area contributed by atoms with E-state index in [1.54, 1.807) is 12.1 Å². The summed E-state index contributed by atoms with van der Waals surface area (Å²) < 4.78 is 39.8. The maximum atomic E-state index is 13.5. The predicted molar refractivity (Wildman–Crippen MR) is 68.2 cm³/mol. The summed E-state index contributed by atoms with van der Waals surface area (Å²) in [6.45, 7) is 0.0806. The van der Waals surface area contributed by atoms with Crippen LogP contribution >= 0.6 is 0 Å². The minimum absolute atomic E-state index is 0.0806. The molecule has 0 bridgehead atoms. The lowest BCUT2D eigenvalue weighted by atomic mass is 10.1. The van der Waals surface area contributed by atoms with Crippen molar-refractivity contribution < 1.29 is 13.2 Å². The van der Waals surface area contributed by atoms with Crippen molar-refractivity contribution in [1.29, 1.82) is 0 Å². The van der Waals surface area contributed by atoms with E-state index in [2.05, 4.69) is 5.32 Å². The van der Waals surface area contributed by atoms with Crippen LogP contribution in [0.1, 0.15) is 11.6 Å². The van der Waals surface area contributed by atoms with Crippen molar-refractivity contribution in [2.24, 2.45) is 5.73 Å². The van der Waals surface area contributed by atoms with E-state index >= 15 is 0 Å².